The largest absolute Gasteiger partial charge is 0.480 e. The molecular weight excluding hydrogens is 194 g/mol. The summed E-state index contributed by atoms with van der Waals surface area (Å²) < 4.78 is 5.24. The molecule has 4 heteroatoms. The van der Waals surface area contributed by atoms with Gasteiger partial charge in [0, 0.05) is 19.3 Å². The Kier molecular flexibility index (Phi) is 5.65. The summed E-state index contributed by atoms with van der Waals surface area (Å²) in [6.45, 7) is 3.57. The van der Waals surface area contributed by atoms with E-state index in [-0.39, 0.29) is 6.04 Å². The Hall–Kier alpha value is -0.610. The second kappa shape index (κ2) is 6.80. The first-order chi connectivity index (χ1) is 7.24. The molecule has 0 radical (unpaired) electrons. The molecule has 0 spiro atoms. The van der Waals surface area contributed by atoms with Crippen LogP contribution >= 0.6 is 0 Å². The van der Waals surface area contributed by atoms with Crippen molar-refractivity contribution in [3.05, 3.63) is 0 Å². The number of nitrogens with one attached hydrogen (secondary N) is 1. The van der Waals surface area contributed by atoms with Crippen LogP contribution in [0.25, 0.3) is 0 Å². The van der Waals surface area contributed by atoms with Crippen LogP contribution in [0.15, 0.2) is 0 Å². The highest BCUT2D eigenvalue weighted by atomic mass is 16.5. The third kappa shape index (κ3) is 4.62. The van der Waals surface area contributed by atoms with Crippen LogP contribution in [-0.4, -0.2) is 36.4 Å². The lowest BCUT2D eigenvalue weighted by atomic mass is 10.0. The molecule has 4 nitrogen and oxygen atoms in total. The zero-order valence-electron chi connectivity index (χ0n) is 9.37. The van der Waals surface area contributed by atoms with Gasteiger partial charge in [0.15, 0.2) is 0 Å². The van der Waals surface area contributed by atoms with Gasteiger partial charge in [0.1, 0.15) is 6.04 Å². The van der Waals surface area contributed by atoms with E-state index in [1.807, 2.05) is 0 Å². The highest BCUT2D eigenvalue weighted by Gasteiger charge is 2.22. The van der Waals surface area contributed by atoms with E-state index in [9.17, 15) is 4.79 Å². The van der Waals surface area contributed by atoms with Gasteiger partial charge < -0.3 is 15.2 Å². The van der Waals surface area contributed by atoms with Gasteiger partial charge in [-0.25, -0.2) is 0 Å². The molecule has 0 aromatic carbocycles. The molecule has 0 amide bonds. The monoisotopic (exact) mass is 215 g/mol. The normalized spacial score (nSPS) is 20.1. The van der Waals surface area contributed by atoms with Crippen molar-refractivity contribution in [3.63, 3.8) is 0 Å². The molecule has 1 unspecified atom stereocenters. The summed E-state index contributed by atoms with van der Waals surface area (Å²) in [4.78, 5) is 11.0. The predicted octanol–water partition coefficient (Wildman–Crippen LogP) is 1.40. The molecule has 0 aliphatic carbocycles. The number of hydrogen-bond donors (Lipinski definition) is 2. The van der Waals surface area contributed by atoms with Crippen LogP contribution in [0.2, 0.25) is 0 Å². The Morgan fingerprint density at radius 3 is 2.73 bits per heavy atom. The molecule has 0 saturated carbocycles. The lowest BCUT2D eigenvalue weighted by molar-refractivity contribution is -0.140. The standard InChI is InChI=1S/C11H21NO3/c1-2-3-4-10(11(13)14)12-9-5-7-15-8-6-9/h9-10,12H,2-8H2,1H3,(H,13,14). The van der Waals surface area contributed by atoms with Crippen molar-refractivity contribution in [1.82, 2.24) is 5.32 Å². The molecule has 1 aliphatic heterocycles. The van der Waals surface area contributed by atoms with Gasteiger partial charge in [-0.05, 0) is 19.3 Å². The Labute approximate surface area is 91.0 Å². The summed E-state index contributed by atoms with van der Waals surface area (Å²) >= 11 is 0. The van der Waals surface area contributed by atoms with Crippen LogP contribution < -0.4 is 5.32 Å². The van der Waals surface area contributed by atoms with E-state index in [1.165, 1.54) is 0 Å². The first kappa shape index (κ1) is 12.5. The van der Waals surface area contributed by atoms with Gasteiger partial charge in [-0.1, -0.05) is 19.8 Å². The summed E-state index contributed by atoms with van der Waals surface area (Å²) in [6.07, 6.45) is 4.58. The summed E-state index contributed by atoms with van der Waals surface area (Å²) in [5.41, 5.74) is 0. The summed E-state index contributed by atoms with van der Waals surface area (Å²) in [5, 5.41) is 12.2. The number of carbonyl (C=O) groups is 1. The maximum Gasteiger partial charge on any atom is 0.320 e. The fraction of sp³-hybridized carbons (Fsp3) is 0.909. The van der Waals surface area contributed by atoms with Crippen molar-refractivity contribution in [2.75, 3.05) is 13.2 Å². The molecule has 1 fully saturated rings. The molecule has 1 saturated heterocycles. The minimum Gasteiger partial charge on any atom is -0.480 e. The molecule has 1 heterocycles. The van der Waals surface area contributed by atoms with E-state index < -0.39 is 5.97 Å². The smallest absolute Gasteiger partial charge is 0.320 e. The first-order valence-corrected chi connectivity index (χ1v) is 5.80. The highest BCUT2D eigenvalue weighted by molar-refractivity contribution is 5.73. The molecule has 1 atom stereocenters. The molecule has 1 rings (SSSR count). The van der Waals surface area contributed by atoms with Gasteiger partial charge in [0.2, 0.25) is 0 Å². The fourth-order valence-electron chi connectivity index (χ4n) is 1.84. The van der Waals surface area contributed by atoms with Gasteiger partial charge in [0.05, 0.1) is 0 Å². The second-order valence-corrected chi connectivity index (χ2v) is 4.09. The molecule has 0 aromatic heterocycles. The van der Waals surface area contributed by atoms with Crippen LogP contribution in [0.3, 0.4) is 0 Å². The number of aliphatic carboxylic acids is 1. The average Bonchev–Trinajstić information content (AvgIpc) is 2.25. The Balaban J connectivity index is 2.31. The van der Waals surface area contributed by atoms with Crippen molar-refractivity contribution >= 4 is 5.97 Å². The molecule has 1 aliphatic rings. The van der Waals surface area contributed by atoms with Crippen LogP contribution in [0.1, 0.15) is 39.0 Å². The van der Waals surface area contributed by atoms with E-state index in [0.717, 1.165) is 45.3 Å². The van der Waals surface area contributed by atoms with Gasteiger partial charge >= 0.3 is 5.97 Å². The maximum absolute atomic E-state index is 11.0. The van der Waals surface area contributed by atoms with E-state index in [1.54, 1.807) is 0 Å². The van der Waals surface area contributed by atoms with Gasteiger partial charge in [-0.2, -0.15) is 0 Å². The van der Waals surface area contributed by atoms with Gasteiger partial charge in [-0.15, -0.1) is 0 Å². The summed E-state index contributed by atoms with van der Waals surface area (Å²) in [5.74, 6) is -0.727. The summed E-state index contributed by atoms with van der Waals surface area (Å²) in [6, 6.07) is -0.0650. The van der Waals surface area contributed by atoms with Crippen LogP contribution in [0, 0.1) is 0 Å². The molecule has 15 heavy (non-hydrogen) atoms. The maximum atomic E-state index is 11.0. The molecular formula is C11H21NO3. The van der Waals surface area contributed by atoms with E-state index in [4.69, 9.17) is 9.84 Å². The van der Waals surface area contributed by atoms with Crippen molar-refractivity contribution in [1.29, 1.82) is 0 Å². The number of rotatable bonds is 6. The molecule has 0 aromatic rings. The molecule has 2 N–H and O–H groups in total. The van der Waals surface area contributed by atoms with Crippen LogP contribution in [0.4, 0.5) is 0 Å². The third-order valence-corrected chi connectivity index (χ3v) is 2.80. The minimum absolute atomic E-state index is 0.316. The van der Waals surface area contributed by atoms with Crippen LogP contribution in [0.5, 0.6) is 0 Å². The first-order valence-electron chi connectivity index (χ1n) is 5.80. The van der Waals surface area contributed by atoms with E-state index in [2.05, 4.69) is 12.2 Å². The second-order valence-electron chi connectivity index (χ2n) is 4.09. The van der Waals surface area contributed by atoms with Gasteiger partial charge in [0.25, 0.3) is 0 Å². The van der Waals surface area contributed by atoms with Crippen molar-refractivity contribution in [2.45, 2.75) is 51.1 Å². The van der Waals surface area contributed by atoms with Crippen molar-refractivity contribution < 1.29 is 14.6 Å². The Bertz CT molecular complexity index is 190. The fourth-order valence-corrected chi connectivity index (χ4v) is 1.84. The SMILES string of the molecule is CCCCC(NC1CCOCC1)C(=O)O. The van der Waals surface area contributed by atoms with Gasteiger partial charge in [-0.3, -0.25) is 4.79 Å². The number of carboxylic acid groups (broad SMARTS) is 1. The van der Waals surface area contributed by atoms with Crippen LogP contribution in [-0.2, 0) is 9.53 Å². The Morgan fingerprint density at radius 2 is 2.20 bits per heavy atom. The summed E-state index contributed by atoms with van der Waals surface area (Å²) in [7, 11) is 0. The van der Waals surface area contributed by atoms with E-state index in [0.29, 0.717) is 6.04 Å². The average molecular weight is 215 g/mol. The molecule has 0 bridgehead atoms. The third-order valence-electron chi connectivity index (χ3n) is 2.80. The zero-order chi connectivity index (χ0) is 11.1. The number of unbranched alkanes of at least 4 members (excludes halogenated alkanes) is 1. The number of ether oxygens (including phenoxy) is 1. The number of hydrogen-bond acceptors (Lipinski definition) is 3. The van der Waals surface area contributed by atoms with Crippen molar-refractivity contribution in [2.24, 2.45) is 0 Å². The Morgan fingerprint density at radius 1 is 1.53 bits per heavy atom. The topological polar surface area (TPSA) is 58.6 Å². The lowest BCUT2D eigenvalue weighted by Gasteiger charge is -2.26. The van der Waals surface area contributed by atoms with Crippen molar-refractivity contribution in [3.8, 4) is 0 Å². The molecule has 88 valence electrons. The highest BCUT2D eigenvalue weighted by Crippen LogP contribution is 2.09. The zero-order valence-corrected chi connectivity index (χ0v) is 9.37. The number of carboxylic acids is 1. The minimum atomic E-state index is -0.727. The van der Waals surface area contributed by atoms with E-state index >= 15 is 0 Å². The predicted molar refractivity (Wildman–Crippen MR) is 57.9 cm³/mol. The quantitative estimate of drug-likeness (QED) is 0.703. The lowest BCUT2D eigenvalue weighted by Crippen LogP contribution is -2.45.